The lowest BCUT2D eigenvalue weighted by molar-refractivity contribution is -0.118. The van der Waals surface area contributed by atoms with Gasteiger partial charge in [-0.15, -0.1) is 9.42 Å². The molecule has 10 atom stereocenters. The number of carbonyl (C=O) groups excluding carboxylic acids is 1. The number of aromatic amines is 1. The molecule has 74 heavy (non-hydrogen) atoms. The number of imidazole rings is 1. The highest BCUT2D eigenvalue weighted by Crippen LogP contribution is 2.56. The molecule has 8 rings (SSSR count). The van der Waals surface area contributed by atoms with Crippen LogP contribution in [0.2, 0.25) is 0 Å². The average molecular weight is 1080 g/mol. The summed E-state index contributed by atoms with van der Waals surface area (Å²) in [5.41, 5.74) is -0.601. The zero-order valence-corrected chi connectivity index (χ0v) is 42.8. The van der Waals surface area contributed by atoms with Crippen molar-refractivity contribution in [2.75, 3.05) is 44.7 Å². The number of H-pyrrole nitrogens is 1. The number of nitriles is 1. The Labute approximate surface area is 429 Å². The number of amides is 1. The van der Waals surface area contributed by atoms with Crippen molar-refractivity contribution in [1.82, 2.24) is 29.5 Å². The second kappa shape index (κ2) is 24.0. The number of carbonyl (C=O) groups is 1. The maximum Gasteiger partial charge on any atom is 0.695 e. The Balaban J connectivity index is 1.18. The standard InChI is InChI=1S/C48H51F2N9O12P2S/c1-28(2)44(60)57-47-56-43-40(45(61)58-47)54-27-59(43)46-42(71-73(74,67-22-8-20-51)68-24-29-23-35(38(49)41(29)70-72(62)63)55-37-19-21-52-26-53-37)39(50)36(69-46)25-66-48(30-9-6-5-7-10-30,31-11-15-33(64-3)16-12-31)32-13-17-34(65-4)18-14-32/h5-7,9-19,21,26-29,35-36,38-39,41-42,46H,8,22-25H2,1-4H3,(H3-,52,53,55,56,57,58,60,61,62,63)/p+1/t29-,35-,36-,38+,39-,41-,42-,46-,73?/m1/s1. The topological polar surface area (TPSA) is 265 Å². The molecule has 2 fully saturated rings. The van der Waals surface area contributed by atoms with Gasteiger partial charge in [0.25, 0.3) is 5.56 Å². The van der Waals surface area contributed by atoms with Gasteiger partial charge >= 0.3 is 15.0 Å². The fraction of sp³-hybridized carbons (Fsp3) is 0.396. The monoisotopic (exact) mass is 1080 g/mol. The number of alkyl halides is 2. The first-order valence-corrected chi connectivity index (χ1v) is 26.8. The van der Waals surface area contributed by atoms with E-state index in [1.807, 2.05) is 60.7 Å². The van der Waals surface area contributed by atoms with Crippen molar-refractivity contribution in [2.45, 2.75) is 75.2 Å². The lowest BCUT2D eigenvalue weighted by Gasteiger charge is -2.37. The zero-order valence-electron chi connectivity index (χ0n) is 40.2. The van der Waals surface area contributed by atoms with Crippen molar-refractivity contribution >= 4 is 55.6 Å². The number of hydrogen-bond donors (Lipinski definition) is 4. The van der Waals surface area contributed by atoms with Gasteiger partial charge in [-0.3, -0.25) is 29.0 Å². The lowest BCUT2D eigenvalue weighted by Crippen LogP contribution is -2.38. The Hall–Kier alpha value is -6.22. The Bertz CT molecular complexity index is 2990. The second-order valence-electron chi connectivity index (χ2n) is 17.4. The van der Waals surface area contributed by atoms with Crippen LogP contribution < -0.4 is 25.7 Å². The molecule has 1 saturated heterocycles. The van der Waals surface area contributed by atoms with Gasteiger partial charge < -0.3 is 33.3 Å². The molecule has 3 aromatic carbocycles. The number of halogens is 2. The van der Waals surface area contributed by atoms with Crippen LogP contribution in [0.25, 0.3) is 11.2 Å². The predicted molar refractivity (Wildman–Crippen MR) is 267 cm³/mol. The van der Waals surface area contributed by atoms with Gasteiger partial charge in [0, 0.05) is 22.6 Å². The van der Waals surface area contributed by atoms with Crippen LogP contribution in [0.3, 0.4) is 0 Å². The Morgan fingerprint density at radius 3 is 2.27 bits per heavy atom. The summed E-state index contributed by atoms with van der Waals surface area (Å²) in [6.07, 6.45) is -6.70. The van der Waals surface area contributed by atoms with E-state index >= 15 is 8.78 Å². The van der Waals surface area contributed by atoms with Crippen LogP contribution in [0.15, 0.2) is 109 Å². The van der Waals surface area contributed by atoms with Gasteiger partial charge in [0.05, 0.1) is 58.9 Å². The number of fused-ring (bicyclic) bond motifs is 1. The molecule has 1 amide bonds. The van der Waals surface area contributed by atoms with E-state index in [0.29, 0.717) is 28.2 Å². The van der Waals surface area contributed by atoms with Gasteiger partial charge in [0.15, 0.2) is 35.8 Å². The summed E-state index contributed by atoms with van der Waals surface area (Å²) in [7, 11) is -0.214. The predicted octanol–water partition coefficient (Wildman–Crippen LogP) is 7.20. The highest BCUT2D eigenvalue weighted by atomic mass is 32.5. The molecular formula is C48H52F2N9O12P2S+. The summed E-state index contributed by atoms with van der Waals surface area (Å²) in [4.78, 5) is 55.2. The summed E-state index contributed by atoms with van der Waals surface area (Å²) in [5.74, 6) is -0.733. The van der Waals surface area contributed by atoms with Crippen molar-refractivity contribution < 1.29 is 60.1 Å². The molecule has 2 aliphatic rings. The van der Waals surface area contributed by atoms with E-state index in [1.54, 1.807) is 52.3 Å². The molecule has 1 aliphatic carbocycles. The largest absolute Gasteiger partial charge is 0.695 e. The number of hydrogen-bond acceptors (Lipinski definition) is 18. The van der Waals surface area contributed by atoms with Gasteiger partial charge in [0.1, 0.15) is 41.5 Å². The highest BCUT2D eigenvalue weighted by molar-refractivity contribution is 8.07. The zero-order chi connectivity index (χ0) is 52.6. The van der Waals surface area contributed by atoms with E-state index in [2.05, 4.69) is 35.6 Å². The van der Waals surface area contributed by atoms with Gasteiger partial charge in [-0.05, 0) is 65.2 Å². The number of rotatable bonds is 23. The minimum atomic E-state index is -4.28. The van der Waals surface area contributed by atoms with Crippen molar-refractivity contribution in [1.29, 1.82) is 5.26 Å². The Kier molecular flexibility index (Phi) is 17.5. The molecule has 4 heterocycles. The number of nitrogens with one attached hydrogen (secondary N) is 3. The van der Waals surface area contributed by atoms with Crippen LogP contribution in [-0.2, 0) is 54.3 Å². The third-order valence-electron chi connectivity index (χ3n) is 12.4. The third kappa shape index (κ3) is 12.0. The van der Waals surface area contributed by atoms with E-state index in [9.17, 15) is 24.3 Å². The average Bonchev–Trinajstić information content (AvgIpc) is 4.06. The maximum atomic E-state index is 18.0. The van der Waals surface area contributed by atoms with Gasteiger partial charge in [0.2, 0.25) is 11.9 Å². The molecule has 0 radical (unpaired) electrons. The molecule has 26 heteroatoms. The maximum absolute atomic E-state index is 18.0. The Morgan fingerprint density at radius 1 is 0.986 bits per heavy atom. The summed E-state index contributed by atoms with van der Waals surface area (Å²) < 4.78 is 95.8. The molecule has 390 valence electrons. The number of anilines is 2. The third-order valence-corrected chi connectivity index (χ3v) is 15.2. The first-order valence-electron chi connectivity index (χ1n) is 23.2. The van der Waals surface area contributed by atoms with Gasteiger partial charge in [-0.2, -0.15) is 10.2 Å². The van der Waals surface area contributed by atoms with Crippen LogP contribution in [0, 0.1) is 23.2 Å². The summed E-state index contributed by atoms with van der Waals surface area (Å²) in [6.45, 7) is -2.29. The molecule has 6 aromatic rings. The molecule has 1 saturated carbocycles. The Morgan fingerprint density at radius 2 is 1.66 bits per heavy atom. The number of nitrogens with zero attached hydrogens (tertiary/aromatic N) is 6. The molecule has 0 bridgehead atoms. The van der Waals surface area contributed by atoms with Gasteiger partial charge in [-0.25, -0.2) is 23.7 Å². The van der Waals surface area contributed by atoms with Crippen LogP contribution in [0.4, 0.5) is 20.5 Å². The SMILES string of the molecule is COc1ccc(C(OC[C@H]2O[C@@H](n3cnc4c(=O)[nH]c(NC(=O)C(C)C)nc43)[C@H](OP(=S)(OCCC#N)OC[C@H]3C[C@@H](Nc4ccncn4)[C@H](F)[C@@H]3O[P+](=O)O)[C@@H]2F)(c2ccccc2)c2ccc(OC)cc2)cc1. The van der Waals surface area contributed by atoms with Gasteiger partial charge in [-0.1, -0.05) is 68.4 Å². The number of ether oxygens (including phenoxy) is 4. The minimum absolute atomic E-state index is 0.0324. The molecule has 3 aromatic heterocycles. The molecule has 21 nitrogen and oxygen atoms in total. The molecule has 0 spiro atoms. The van der Waals surface area contributed by atoms with Crippen molar-refractivity contribution in [3.8, 4) is 17.6 Å². The van der Waals surface area contributed by atoms with E-state index in [0.717, 1.165) is 0 Å². The molecule has 2 unspecified atom stereocenters. The first kappa shape index (κ1) is 54.1. The lowest BCUT2D eigenvalue weighted by atomic mass is 9.80. The fourth-order valence-electron chi connectivity index (χ4n) is 8.71. The minimum Gasteiger partial charge on any atom is -0.497 e. The van der Waals surface area contributed by atoms with Crippen LogP contribution in [-0.4, -0.2) is 111 Å². The molecular weight excluding hydrogens is 1030 g/mol. The summed E-state index contributed by atoms with van der Waals surface area (Å²) in [5, 5.41) is 15.0. The quantitative estimate of drug-likeness (QED) is 0.0281. The second-order valence-corrected chi connectivity index (χ2v) is 21.0. The van der Waals surface area contributed by atoms with E-state index in [1.165, 1.54) is 29.5 Å². The highest BCUT2D eigenvalue weighted by Gasteiger charge is 2.53. The summed E-state index contributed by atoms with van der Waals surface area (Å²) in [6, 6.07) is 26.1. The van der Waals surface area contributed by atoms with E-state index in [4.69, 9.17) is 48.8 Å². The van der Waals surface area contributed by atoms with Crippen LogP contribution >= 0.6 is 15.0 Å². The van der Waals surface area contributed by atoms with E-state index in [-0.39, 0.29) is 42.4 Å². The number of aromatic nitrogens is 6. The van der Waals surface area contributed by atoms with Crippen molar-refractivity contribution in [2.24, 2.45) is 11.8 Å². The smallest absolute Gasteiger partial charge is 0.497 e. The van der Waals surface area contributed by atoms with Crippen molar-refractivity contribution in [3.63, 3.8) is 0 Å². The molecule has 1 aliphatic heterocycles. The number of benzene rings is 3. The first-order chi connectivity index (χ1) is 35.7. The molecule has 4 N–H and O–H groups in total. The summed E-state index contributed by atoms with van der Waals surface area (Å²) >= 11 is 5.96. The fourth-order valence-corrected chi connectivity index (χ4v) is 11.3. The normalized spacial score (nSPS) is 22.8. The van der Waals surface area contributed by atoms with Crippen LogP contribution in [0.1, 0.15) is 49.6 Å². The number of methoxy groups -OCH3 is 2. The van der Waals surface area contributed by atoms with Crippen molar-refractivity contribution in [3.05, 3.63) is 131 Å². The van der Waals surface area contributed by atoms with E-state index < -0.39 is 100 Å². The van der Waals surface area contributed by atoms with Crippen LogP contribution in [0.5, 0.6) is 11.5 Å².